The Morgan fingerprint density at radius 2 is 1.80 bits per heavy atom. The van der Waals surface area contributed by atoms with Crippen LogP contribution in [0.1, 0.15) is 22.4 Å². The van der Waals surface area contributed by atoms with Gasteiger partial charge >= 0.3 is 0 Å². The highest BCUT2D eigenvalue weighted by Crippen LogP contribution is 2.33. The number of ether oxygens (including phenoxy) is 3. The molecule has 4 rings (SSSR count). The van der Waals surface area contributed by atoms with Crippen LogP contribution in [0.5, 0.6) is 23.1 Å². The standard InChI is InChI=1S/C27H27N3O4S/c1-17-5-6-18(2)23(11-17)34-26-10-7-19(15-29-26)14-28-25(31)13-21-16-35-27(30-21)20-8-9-22(32-3)24(12-20)33-4/h5-12,15-16H,13-14H2,1-4H3,(H,28,31). The number of rotatable bonds is 9. The van der Waals surface area contributed by atoms with Crippen molar-refractivity contribution < 1.29 is 19.0 Å². The van der Waals surface area contributed by atoms with Gasteiger partial charge in [0.15, 0.2) is 11.5 Å². The van der Waals surface area contributed by atoms with Gasteiger partial charge in [-0.15, -0.1) is 11.3 Å². The number of nitrogens with one attached hydrogen (secondary N) is 1. The number of aromatic nitrogens is 2. The molecule has 2 aromatic carbocycles. The number of hydrogen-bond acceptors (Lipinski definition) is 7. The van der Waals surface area contributed by atoms with E-state index in [1.165, 1.54) is 11.3 Å². The number of aryl methyl sites for hydroxylation is 2. The van der Waals surface area contributed by atoms with Crippen LogP contribution in [0, 0.1) is 13.8 Å². The second-order valence-corrected chi connectivity index (χ2v) is 8.90. The monoisotopic (exact) mass is 489 g/mol. The Morgan fingerprint density at radius 3 is 2.54 bits per heavy atom. The molecule has 0 spiro atoms. The Hall–Kier alpha value is -3.91. The summed E-state index contributed by atoms with van der Waals surface area (Å²) in [6.07, 6.45) is 1.91. The third-order valence-electron chi connectivity index (χ3n) is 5.37. The number of amides is 1. The van der Waals surface area contributed by atoms with Crippen molar-refractivity contribution in [3.63, 3.8) is 0 Å². The van der Waals surface area contributed by atoms with E-state index in [1.807, 2.05) is 61.7 Å². The van der Waals surface area contributed by atoms with Gasteiger partial charge < -0.3 is 19.5 Å². The molecule has 2 heterocycles. The van der Waals surface area contributed by atoms with Gasteiger partial charge in [-0.3, -0.25) is 4.79 Å². The van der Waals surface area contributed by atoms with E-state index in [1.54, 1.807) is 26.5 Å². The fourth-order valence-electron chi connectivity index (χ4n) is 3.42. The third kappa shape index (κ3) is 6.16. The quantitative estimate of drug-likeness (QED) is 0.335. The number of thiazole rings is 1. The Kier molecular flexibility index (Phi) is 7.62. The zero-order chi connectivity index (χ0) is 24.8. The Labute approximate surface area is 208 Å². The second kappa shape index (κ2) is 11.0. The lowest BCUT2D eigenvalue weighted by atomic mass is 10.1. The summed E-state index contributed by atoms with van der Waals surface area (Å²) in [7, 11) is 3.20. The van der Waals surface area contributed by atoms with Gasteiger partial charge in [0.05, 0.1) is 26.3 Å². The van der Waals surface area contributed by atoms with Crippen molar-refractivity contribution in [3.8, 4) is 33.7 Å². The van der Waals surface area contributed by atoms with Crippen LogP contribution < -0.4 is 19.5 Å². The highest BCUT2D eigenvalue weighted by atomic mass is 32.1. The number of pyridine rings is 1. The molecule has 0 aliphatic rings. The molecule has 2 aromatic heterocycles. The van der Waals surface area contributed by atoms with Gasteiger partial charge in [0, 0.05) is 29.8 Å². The lowest BCUT2D eigenvalue weighted by molar-refractivity contribution is -0.120. The lowest BCUT2D eigenvalue weighted by Gasteiger charge is -2.09. The van der Waals surface area contributed by atoms with Crippen LogP contribution >= 0.6 is 11.3 Å². The number of carbonyl (C=O) groups excluding carboxylic acids is 1. The maximum atomic E-state index is 12.5. The number of hydrogen-bond donors (Lipinski definition) is 1. The minimum atomic E-state index is -0.107. The number of benzene rings is 2. The Morgan fingerprint density at radius 1 is 0.971 bits per heavy atom. The number of nitrogens with zero attached hydrogens (tertiary/aromatic N) is 2. The first-order valence-corrected chi connectivity index (χ1v) is 12.0. The van der Waals surface area contributed by atoms with E-state index in [0.717, 1.165) is 33.0 Å². The molecule has 0 radical (unpaired) electrons. The first kappa shape index (κ1) is 24.2. The van der Waals surface area contributed by atoms with Crippen molar-refractivity contribution in [1.29, 1.82) is 0 Å². The Bertz CT molecular complexity index is 1320. The molecule has 7 nitrogen and oxygen atoms in total. The third-order valence-corrected chi connectivity index (χ3v) is 6.31. The Balaban J connectivity index is 1.31. The average molecular weight is 490 g/mol. The molecule has 0 bridgehead atoms. The molecule has 1 amide bonds. The van der Waals surface area contributed by atoms with E-state index in [-0.39, 0.29) is 12.3 Å². The molecule has 0 saturated heterocycles. The van der Waals surface area contributed by atoms with Crippen molar-refractivity contribution >= 4 is 17.2 Å². The first-order valence-electron chi connectivity index (χ1n) is 11.1. The minimum Gasteiger partial charge on any atom is -0.493 e. The van der Waals surface area contributed by atoms with Crippen LogP contribution in [-0.2, 0) is 17.8 Å². The van der Waals surface area contributed by atoms with Crippen LogP contribution in [-0.4, -0.2) is 30.1 Å². The van der Waals surface area contributed by atoms with Crippen molar-refractivity contribution in [2.24, 2.45) is 0 Å². The maximum absolute atomic E-state index is 12.5. The summed E-state index contributed by atoms with van der Waals surface area (Å²) in [6.45, 7) is 4.40. The van der Waals surface area contributed by atoms with Crippen LogP contribution in [0.2, 0.25) is 0 Å². The van der Waals surface area contributed by atoms with E-state index in [0.29, 0.717) is 29.6 Å². The molecule has 0 fully saturated rings. The largest absolute Gasteiger partial charge is 0.493 e. The summed E-state index contributed by atoms with van der Waals surface area (Å²) >= 11 is 1.48. The minimum absolute atomic E-state index is 0.107. The summed E-state index contributed by atoms with van der Waals surface area (Å²) in [4.78, 5) is 21.4. The lowest BCUT2D eigenvalue weighted by Crippen LogP contribution is -2.24. The molecule has 8 heteroatoms. The molecule has 0 atom stereocenters. The molecular weight excluding hydrogens is 462 g/mol. The van der Waals surface area contributed by atoms with Gasteiger partial charge in [-0.25, -0.2) is 9.97 Å². The molecule has 35 heavy (non-hydrogen) atoms. The fourth-order valence-corrected chi connectivity index (χ4v) is 4.24. The summed E-state index contributed by atoms with van der Waals surface area (Å²) in [5.41, 5.74) is 4.68. The molecule has 180 valence electrons. The van der Waals surface area contributed by atoms with Crippen molar-refractivity contribution in [1.82, 2.24) is 15.3 Å². The van der Waals surface area contributed by atoms with Crippen molar-refractivity contribution in [3.05, 3.63) is 82.5 Å². The summed E-state index contributed by atoms with van der Waals surface area (Å²) in [5, 5.41) is 5.64. The maximum Gasteiger partial charge on any atom is 0.226 e. The summed E-state index contributed by atoms with van der Waals surface area (Å²) in [6, 6.07) is 15.4. The van der Waals surface area contributed by atoms with Crippen molar-refractivity contribution in [2.75, 3.05) is 14.2 Å². The molecule has 0 aliphatic heterocycles. The van der Waals surface area contributed by atoms with Crippen LogP contribution in [0.3, 0.4) is 0 Å². The second-order valence-electron chi connectivity index (χ2n) is 8.04. The number of carbonyl (C=O) groups is 1. The molecule has 0 aliphatic carbocycles. The van der Waals surface area contributed by atoms with Crippen LogP contribution in [0.25, 0.3) is 10.6 Å². The van der Waals surface area contributed by atoms with E-state index in [4.69, 9.17) is 14.2 Å². The predicted octanol–water partition coefficient (Wildman–Crippen LogP) is 5.49. The number of methoxy groups -OCH3 is 2. The van der Waals surface area contributed by atoms with E-state index in [9.17, 15) is 4.79 Å². The van der Waals surface area contributed by atoms with E-state index in [2.05, 4.69) is 15.3 Å². The smallest absolute Gasteiger partial charge is 0.226 e. The highest BCUT2D eigenvalue weighted by molar-refractivity contribution is 7.13. The van der Waals surface area contributed by atoms with Crippen LogP contribution in [0.15, 0.2) is 60.1 Å². The zero-order valence-corrected chi connectivity index (χ0v) is 20.9. The van der Waals surface area contributed by atoms with Gasteiger partial charge in [0.1, 0.15) is 10.8 Å². The molecule has 0 unspecified atom stereocenters. The molecule has 0 saturated carbocycles. The fraction of sp³-hybridized carbons (Fsp3) is 0.222. The topological polar surface area (TPSA) is 82.6 Å². The normalized spacial score (nSPS) is 10.6. The SMILES string of the molecule is COc1ccc(-c2nc(CC(=O)NCc3ccc(Oc4cc(C)ccc4C)nc3)cs2)cc1OC. The molecule has 4 aromatic rings. The van der Waals surface area contributed by atoms with E-state index < -0.39 is 0 Å². The summed E-state index contributed by atoms with van der Waals surface area (Å²) < 4.78 is 16.5. The molecule has 1 N–H and O–H groups in total. The van der Waals surface area contributed by atoms with Gasteiger partial charge in [0.25, 0.3) is 0 Å². The van der Waals surface area contributed by atoms with Crippen molar-refractivity contribution in [2.45, 2.75) is 26.8 Å². The predicted molar refractivity (Wildman–Crippen MR) is 136 cm³/mol. The van der Waals surface area contributed by atoms with Gasteiger partial charge in [0.2, 0.25) is 11.8 Å². The molecular formula is C27H27N3O4S. The van der Waals surface area contributed by atoms with Gasteiger partial charge in [-0.2, -0.15) is 0 Å². The highest BCUT2D eigenvalue weighted by Gasteiger charge is 2.12. The first-order chi connectivity index (χ1) is 16.9. The average Bonchev–Trinajstić information content (AvgIpc) is 3.33. The van der Waals surface area contributed by atoms with E-state index >= 15 is 0 Å². The summed E-state index contributed by atoms with van der Waals surface area (Å²) in [5.74, 6) is 2.49. The van der Waals surface area contributed by atoms with Gasteiger partial charge in [-0.1, -0.05) is 18.2 Å². The zero-order valence-electron chi connectivity index (χ0n) is 20.1. The van der Waals surface area contributed by atoms with Crippen LogP contribution in [0.4, 0.5) is 0 Å². The van der Waals surface area contributed by atoms with Gasteiger partial charge in [-0.05, 0) is 54.8 Å².